The van der Waals surface area contributed by atoms with Crippen molar-refractivity contribution in [1.82, 2.24) is 0 Å². The van der Waals surface area contributed by atoms with Gasteiger partial charge in [-0.1, -0.05) is 17.7 Å². The van der Waals surface area contributed by atoms with Crippen molar-refractivity contribution >= 4 is 40.3 Å². The average Bonchev–Trinajstić information content (AvgIpc) is 2.44. The van der Waals surface area contributed by atoms with Gasteiger partial charge in [0.2, 0.25) is 0 Å². The third-order valence-electron chi connectivity index (χ3n) is 3.31. The van der Waals surface area contributed by atoms with E-state index in [0.29, 0.717) is 0 Å². The van der Waals surface area contributed by atoms with E-state index >= 15 is 0 Å². The van der Waals surface area contributed by atoms with E-state index in [4.69, 9.17) is 23.8 Å². The second-order valence-corrected chi connectivity index (χ2v) is 5.89. The van der Waals surface area contributed by atoms with Crippen molar-refractivity contribution in [2.45, 2.75) is 20.0 Å². The van der Waals surface area contributed by atoms with E-state index in [2.05, 4.69) is 10.6 Å². The van der Waals surface area contributed by atoms with Gasteiger partial charge in [-0.05, 0) is 67.5 Å². The van der Waals surface area contributed by atoms with Crippen molar-refractivity contribution in [3.05, 3.63) is 58.1 Å². The van der Waals surface area contributed by atoms with Crippen LogP contribution >= 0.6 is 23.8 Å². The lowest BCUT2D eigenvalue weighted by Crippen LogP contribution is -2.20. The van der Waals surface area contributed by atoms with Crippen molar-refractivity contribution in [2.24, 2.45) is 0 Å². The van der Waals surface area contributed by atoms with Gasteiger partial charge in [0.15, 0.2) is 5.11 Å². The number of nitrogens with one attached hydrogen (secondary N) is 2. The summed E-state index contributed by atoms with van der Waals surface area (Å²) in [6, 6.07) is 8.70. The Hall–Kier alpha value is -1.79. The van der Waals surface area contributed by atoms with Crippen LogP contribution < -0.4 is 10.6 Å². The smallest absolute Gasteiger partial charge is 0.332 e. The molecule has 2 N–H and O–H groups in total. The molecule has 0 atom stereocenters. The quantitative estimate of drug-likeness (QED) is 0.665. The Kier molecular flexibility index (Phi) is 5.16. The fourth-order valence-electron chi connectivity index (χ4n) is 1.90. The van der Waals surface area contributed by atoms with Crippen molar-refractivity contribution in [2.75, 3.05) is 10.6 Å². The lowest BCUT2D eigenvalue weighted by Gasteiger charge is -2.14. The summed E-state index contributed by atoms with van der Waals surface area (Å²) in [5, 5.41) is 5.93. The Balaban J connectivity index is 2.15. The largest absolute Gasteiger partial charge is 0.416 e. The summed E-state index contributed by atoms with van der Waals surface area (Å²) >= 11 is 11.1. The molecule has 0 bridgehead atoms. The van der Waals surface area contributed by atoms with Crippen LogP contribution in [0, 0.1) is 13.8 Å². The predicted molar refractivity (Wildman–Crippen MR) is 92.2 cm³/mol. The fourth-order valence-corrected chi connectivity index (χ4v) is 2.29. The van der Waals surface area contributed by atoms with E-state index in [1.165, 1.54) is 6.07 Å². The van der Waals surface area contributed by atoms with Gasteiger partial charge in [-0.25, -0.2) is 0 Å². The summed E-state index contributed by atoms with van der Waals surface area (Å²) in [6.07, 6.45) is -4.44. The summed E-state index contributed by atoms with van der Waals surface area (Å²) in [5.41, 5.74) is 2.26. The van der Waals surface area contributed by atoms with Crippen LogP contribution in [0.25, 0.3) is 0 Å². The van der Waals surface area contributed by atoms with Gasteiger partial charge in [0.05, 0.1) is 16.3 Å². The summed E-state index contributed by atoms with van der Waals surface area (Å²) in [4.78, 5) is 0. The third kappa shape index (κ3) is 4.59. The molecule has 122 valence electrons. The van der Waals surface area contributed by atoms with E-state index in [0.717, 1.165) is 28.9 Å². The zero-order valence-electron chi connectivity index (χ0n) is 12.4. The van der Waals surface area contributed by atoms with Gasteiger partial charge in [0.1, 0.15) is 0 Å². The minimum Gasteiger partial charge on any atom is -0.332 e. The lowest BCUT2D eigenvalue weighted by atomic mass is 10.1. The molecular weight excluding hydrogens is 345 g/mol. The Morgan fingerprint density at radius 3 is 2.30 bits per heavy atom. The zero-order chi connectivity index (χ0) is 17.2. The number of hydrogen-bond acceptors (Lipinski definition) is 1. The first kappa shape index (κ1) is 17.6. The zero-order valence-corrected chi connectivity index (χ0v) is 14.0. The number of halogens is 4. The normalized spacial score (nSPS) is 11.2. The first-order valence-corrected chi connectivity index (χ1v) is 7.47. The predicted octanol–water partition coefficient (Wildman–Crippen LogP) is 5.78. The molecule has 2 aromatic carbocycles. The van der Waals surface area contributed by atoms with Crippen LogP contribution in [0.4, 0.5) is 24.5 Å². The van der Waals surface area contributed by atoms with E-state index in [9.17, 15) is 13.2 Å². The molecule has 0 spiro atoms. The monoisotopic (exact) mass is 358 g/mol. The molecule has 0 heterocycles. The molecule has 0 aliphatic heterocycles. The van der Waals surface area contributed by atoms with Gasteiger partial charge in [0, 0.05) is 5.69 Å². The molecule has 0 saturated heterocycles. The highest BCUT2D eigenvalue weighted by atomic mass is 35.5. The average molecular weight is 359 g/mol. The van der Waals surface area contributed by atoms with E-state index in [1.807, 2.05) is 32.0 Å². The first-order chi connectivity index (χ1) is 10.7. The molecule has 0 amide bonds. The van der Waals surface area contributed by atoms with Crippen molar-refractivity contribution in [3.63, 3.8) is 0 Å². The summed E-state index contributed by atoms with van der Waals surface area (Å²) in [5.74, 6) is 0. The SMILES string of the molecule is Cc1ccc(NC(=S)Nc2cc(C(F)(F)F)ccc2Cl)cc1C. The fraction of sp³-hybridized carbons (Fsp3) is 0.188. The van der Waals surface area contributed by atoms with Gasteiger partial charge < -0.3 is 10.6 Å². The third-order valence-corrected chi connectivity index (χ3v) is 3.84. The van der Waals surface area contributed by atoms with E-state index in [-0.39, 0.29) is 15.8 Å². The topological polar surface area (TPSA) is 24.1 Å². The summed E-state index contributed by atoms with van der Waals surface area (Å²) < 4.78 is 38.2. The molecule has 0 aliphatic rings. The van der Waals surface area contributed by atoms with Gasteiger partial charge in [0.25, 0.3) is 0 Å². The highest BCUT2D eigenvalue weighted by Gasteiger charge is 2.31. The summed E-state index contributed by atoms with van der Waals surface area (Å²) in [6.45, 7) is 3.94. The molecule has 2 nitrogen and oxygen atoms in total. The van der Waals surface area contributed by atoms with E-state index in [1.54, 1.807) is 0 Å². The minimum absolute atomic E-state index is 0.0998. The van der Waals surface area contributed by atoms with Crippen molar-refractivity contribution in [1.29, 1.82) is 0 Å². The second-order valence-electron chi connectivity index (χ2n) is 5.07. The number of thiocarbonyl (C=S) groups is 1. The number of anilines is 2. The molecule has 0 saturated carbocycles. The molecular formula is C16H14ClF3N2S. The standard InChI is InChI=1S/C16H14ClF3N2S/c1-9-3-5-12(7-10(9)2)21-15(23)22-14-8-11(16(18,19)20)4-6-13(14)17/h3-8H,1-2H3,(H2,21,22,23). The van der Waals surface area contributed by atoms with Crippen LogP contribution in [0.15, 0.2) is 36.4 Å². The van der Waals surface area contributed by atoms with Crippen LogP contribution in [0.5, 0.6) is 0 Å². The molecule has 2 rings (SSSR count). The maximum atomic E-state index is 12.7. The maximum Gasteiger partial charge on any atom is 0.416 e. The van der Waals surface area contributed by atoms with Crippen LogP contribution in [-0.4, -0.2) is 5.11 Å². The molecule has 0 fully saturated rings. The van der Waals surface area contributed by atoms with Crippen LogP contribution in [0.2, 0.25) is 5.02 Å². The first-order valence-electron chi connectivity index (χ1n) is 6.69. The molecule has 2 aromatic rings. The Morgan fingerprint density at radius 2 is 1.70 bits per heavy atom. The number of hydrogen-bond donors (Lipinski definition) is 2. The van der Waals surface area contributed by atoms with Crippen LogP contribution in [0.3, 0.4) is 0 Å². The summed E-state index contributed by atoms with van der Waals surface area (Å²) in [7, 11) is 0. The molecule has 0 unspecified atom stereocenters. The van der Waals surface area contributed by atoms with Crippen LogP contribution in [0.1, 0.15) is 16.7 Å². The Labute approximate surface area is 142 Å². The molecule has 7 heteroatoms. The Bertz CT molecular complexity index is 745. The number of benzene rings is 2. The van der Waals surface area contributed by atoms with Crippen molar-refractivity contribution < 1.29 is 13.2 Å². The highest BCUT2D eigenvalue weighted by molar-refractivity contribution is 7.80. The molecule has 0 aromatic heterocycles. The molecule has 0 aliphatic carbocycles. The lowest BCUT2D eigenvalue weighted by molar-refractivity contribution is -0.137. The van der Waals surface area contributed by atoms with Gasteiger partial charge in [-0.15, -0.1) is 0 Å². The maximum absolute atomic E-state index is 12.7. The van der Waals surface area contributed by atoms with Crippen molar-refractivity contribution in [3.8, 4) is 0 Å². The van der Waals surface area contributed by atoms with Gasteiger partial charge in [-0.3, -0.25) is 0 Å². The van der Waals surface area contributed by atoms with Gasteiger partial charge in [-0.2, -0.15) is 13.2 Å². The van der Waals surface area contributed by atoms with E-state index < -0.39 is 11.7 Å². The van der Waals surface area contributed by atoms with Gasteiger partial charge >= 0.3 is 6.18 Å². The minimum atomic E-state index is -4.44. The number of alkyl halides is 3. The van der Waals surface area contributed by atoms with Crippen LogP contribution in [-0.2, 0) is 6.18 Å². The number of rotatable bonds is 2. The highest BCUT2D eigenvalue weighted by Crippen LogP contribution is 2.33. The molecule has 23 heavy (non-hydrogen) atoms. The molecule has 0 radical (unpaired) electrons. The Morgan fingerprint density at radius 1 is 1.00 bits per heavy atom. The second kappa shape index (κ2) is 6.76. The number of aryl methyl sites for hydroxylation is 2.